The molecule has 0 amide bonds. The fourth-order valence-electron chi connectivity index (χ4n) is 2.77. The Labute approximate surface area is 140 Å². The van der Waals surface area contributed by atoms with Gasteiger partial charge in [-0.3, -0.25) is 0 Å². The molecular formula is C19H28N4. The van der Waals surface area contributed by atoms with Gasteiger partial charge in [0.05, 0.1) is 0 Å². The van der Waals surface area contributed by atoms with Crippen LogP contribution in [0.25, 0.3) is 0 Å². The first-order valence-corrected chi connectivity index (χ1v) is 8.43. The minimum atomic E-state index is 0.449. The third kappa shape index (κ3) is 4.01. The van der Waals surface area contributed by atoms with Gasteiger partial charge in [0.25, 0.3) is 0 Å². The zero-order valence-corrected chi connectivity index (χ0v) is 15.1. The molecule has 0 radical (unpaired) electrons. The molecule has 0 saturated heterocycles. The van der Waals surface area contributed by atoms with Crippen LogP contribution in [0.5, 0.6) is 0 Å². The summed E-state index contributed by atoms with van der Waals surface area (Å²) in [6.45, 7) is 14.7. The van der Waals surface area contributed by atoms with Crippen molar-refractivity contribution in [2.75, 3.05) is 23.3 Å². The first-order chi connectivity index (χ1) is 11.0. The van der Waals surface area contributed by atoms with E-state index in [9.17, 15) is 0 Å². The van der Waals surface area contributed by atoms with Crippen LogP contribution in [-0.4, -0.2) is 23.1 Å². The maximum absolute atomic E-state index is 4.72. The van der Waals surface area contributed by atoms with E-state index in [0.717, 1.165) is 30.3 Å². The van der Waals surface area contributed by atoms with Crippen LogP contribution in [0.3, 0.4) is 0 Å². The minimum Gasteiger partial charge on any atom is -0.357 e. The second-order valence-electron chi connectivity index (χ2n) is 6.18. The lowest BCUT2D eigenvalue weighted by Gasteiger charge is -2.21. The van der Waals surface area contributed by atoms with E-state index in [1.807, 2.05) is 13.0 Å². The Kier molecular flexibility index (Phi) is 5.59. The first-order valence-electron chi connectivity index (χ1n) is 8.43. The molecule has 4 heteroatoms. The molecule has 0 aliphatic carbocycles. The zero-order valence-electron chi connectivity index (χ0n) is 15.1. The van der Waals surface area contributed by atoms with Crippen molar-refractivity contribution in [1.82, 2.24) is 9.97 Å². The van der Waals surface area contributed by atoms with Crippen LogP contribution in [0.15, 0.2) is 24.3 Å². The first kappa shape index (κ1) is 17.3. The number of para-hydroxylation sites is 1. The molecule has 0 bridgehead atoms. The SMILES string of the molecule is CCN(CC)c1cc(C)nc(Nc2c(C)cccc2C(C)C)n1. The summed E-state index contributed by atoms with van der Waals surface area (Å²) in [5, 5.41) is 3.46. The predicted octanol–water partition coefficient (Wildman–Crippen LogP) is 4.81. The van der Waals surface area contributed by atoms with Gasteiger partial charge in [0.1, 0.15) is 5.82 Å². The van der Waals surface area contributed by atoms with Gasteiger partial charge in [0, 0.05) is 30.5 Å². The summed E-state index contributed by atoms with van der Waals surface area (Å²) in [5.74, 6) is 2.09. The fourth-order valence-corrected chi connectivity index (χ4v) is 2.77. The van der Waals surface area contributed by atoms with E-state index in [0.29, 0.717) is 11.9 Å². The molecule has 1 aromatic heterocycles. The number of anilines is 3. The van der Waals surface area contributed by atoms with Crippen molar-refractivity contribution in [1.29, 1.82) is 0 Å². The van der Waals surface area contributed by atoms with Crippen LogP contribution in [0.4, 0.5) is 17.5 Å². The molecule has 0 saturated carbocycles. The molecule has 0 atom stereocenters. The lowest BCUT2D eigenvalue weighted by molar-refractivity contribution is 0.839. The summed E-state index contributed by atoms with van der Waals surface area (Å²) in [6.07, 6.45) is 0. The van der Waals surface area contributed by atoms with E-state index in [1.54, 1.807) is 0 Å². The van der Waals surface area contributed by atoms with E-state index in [2.05, 4.69) is 68.0 Å². The largest absolute Gasteiger partial charge is 0.357 e. The van der Waals surface area contributed by atoms with Crippen LogP contribution in [0.1, 0.15) is 50.4 Å². The number of hydrogen-bond donors (Lipinski definition) is 1. The van der Waals surface area contributed by atoms with Crippen LogP contribution in [-0.2, 0) is 0 Å². The molecule has 2 aromatic rings. The van der Waals surface area contributed by atoms with E-state index >= 15 is 0 Å². The second-order valence-corrected chi connectivity index (χ2v) is 6.18. The van der Waals surface area contributed by atoms with Crippen LogP contribution in [0, 0.1) is 13.8 Å². The minimum absolute atomic E-state index is 0.449. The number of nitrogens with one attached hydrogen (secondary N) is 1. The Balaban J connectivity index is 2.41. The number of nitrogens with zero attached hydrogens (tertiary/aromatic N) is 3. The van der Waals surface area contributed by atoms with Gasteiger partial charge < -0.3 is 10.2 Å². The summed E-state index contributed by atoms with van der Waals surface area (Å²) in [6, 6.07) is 8.43. The highest BCUT2D eigenvalue weighted by molar-refractivity contribution is 5.65. The number of rotatable bonds is 6. The van der Waals surface area contributed by atoms with Gasteiger partial charge in [-0.15, -0.1) is 0 Å². The van der Waals surface area contributed by atoms with E-state index < -0.39 is 0 Å². The summed E-state index contributed by atoms with van der Waals surface area (Å²) in [4.78, 5) is 11.5. The average molecular weight is 312 g/mol. The Morgan fingerprint density at radius 3 is 2.39 bits per heavy atom. The quantitative estimate of drug-likeness (QED) is 0.831. The molecule has 4 nitrogen and oxygen atoms in total. The Morgan fingerprint density at radius 1 is 1.09 bits per heavy atom. The summed E-state index contributed by atoms with van der Waals surface area (Å²) in [7, 11) is 0. The van der Waals surface area contributed by atoms with E-state index in [1.165, 1.54) is 11.1 Å². The molecule has 1 aromatic carbocycles. The topological polar surface area (TPSA) is 41.1 Å². The second kappa shape index (κ2) is 7.44. The van der Waals surface area contributed by atoms with Gasteiger partial charge >= 0.3 is 0 Å². The zero-order chi connectivity index (χ0) is 17.0. The predicted molar refractivity (Wildman–Crippen MR) is 98.9 cm³/mol. The molecular weight excluding hydrogens is 284 g/mol. The van der Waals surface area contributed by atoms with Crippen LogP contribution in [0.2, 0.25) is 0 Å². The average Bonchev–Trinajstić information content (AvgIpc) is 2.50. The molecule has 23 heavy (non-hydrogen) atoms. The summed E-state index contributed by atoms with van der Waals surface area (Å²) >= 11 is 0. The Morgan fingerprint density at radius 2 is 1.78 bits per heavy atom. The van der Waals surface area contributed by atoms with Gasteiger partial charge in [-0.2, -0.15) is 4.98 Å². The molecule has 1 heterocycles. The normalized spacial score (nSPS) is 10.9. The lowest BCUT2D eigenvalue weighted by Crippen LogP contribution is -2.23. The molecule has 124 valence electrons. The maximum Gasteiger partial charge on any atom is 0.229 e. The van der Waals surface area contributed by atoms with Crippen molar-refractivity contribution in [2.45, 2.75) is 47.5 Å². The molecule has 0 spiro atoms. The lowest BCUT2D eigenvalue weighted by atomic mass is 9.98. The van der Waals surface area contributed by atoms with Crippen LogP contribution >= 0.6 is 0 Å². The third-order valence-electron chi connectivity index (χ3n) is 4.09. The maximum atomic E-state index is 4.72. The fraction of sp³-hybridized carbons (Fsp3) is 0.474. The highest BCUT2D eigenvalue weighted by Gasteiger charge is 2.12. The standard InChI is InChI=1S/C19H28N4/c1-7-23(8-2)17-12-15(6)20-19(21-17)22-18-14(5)10-9-11-16(18)13(3)4/h9-13H,7-8H2,1-6H3,(H,20,21,22). The summed E-state index contributed by atoms with van der Waals surface area (Å²) < 4.78 is 0. The number of aryl methyl sites for hydroxylation is 2. The van der Waals surface area contributed by atoms with Gasteiger partial charge in [0.15, 0.2) is 0 Å². The molecule has 0 unspecified atom stereocenters. The van der Waals surface area contributed by atoms with Crippen LogP contribution < -0.4 is 10.2 Å². The van der Waals surface area contributed by atoms with Crippen molar-refractivity contribution in [3.05, 3.63) is 41.1 Å². The van der Waals surface area contributed by atoms with Gasteiger partial charge in [0.2, 0.25) is 5.95 Å². The van der Waals surface area contributed by atoms with Crippen molar-refractivity contribution in [2.24, 2.45) is 0 Å². The van der Waals surface area contributed by atoms with E-state index in [-0.39, 0.29) is 0 Å². The van der Waals surface area contributed by atoms with E-state index in [4.69, 9.17) is 4.98 Å². The molecule has 0 aliphatic rings. The van der Waals surface area contributed by atoms with Crippen molar-refractivity contribution < 1.29 is 0 Å². The molecule has 0 fully saturated rings. The highest BCUT2D eigenvalue weighted by atomic mass is 15.2. The molecule has 1 N–H and O–H groups in total. The molecule has 2 rings (SSSR count). The monoisotopic (exact) mass is 312 g/mol. The third-order valence-corrected chi connectivity index (χ3v) is 4.09. The number of aromatic nitrogens is 2. The van der Waals surface area contributed by atoms with Crippen molar-refractivity contribution >= 4 is 17.5 Å². The van der Waals surface area contributed by atoms with Gasteiger partial charge in [-0.05, 0) is 44.7 Å². The number of hydrogen-bond acceptors (Lipinski definition) is 4. The highest BCUT2D eigenvalue weighted by Crippen LogP contribution is 2.29. The molecule has 0 aliphatic heterocycles. The Hall–Kier alpha value is -2.10. The van der Waals surface area contributed by atoms with Crippen molar-refractivity contribution in [3.8, 4) is 0 Å². The smallest absolute Gasteiger partial charge is 0.229 e. The Bertz CT molecular complexity index is 660. The van der Waals surface area contributed by atoms with Crippen molar-refractivity contribution in [3.63, 3.8) is 0 Å². The van der Waals surface area contributed by atoms with Gasteiger partial charge in [-0.25, -0.2) is 4.98 Å². The number of benzene rings is 1. The summed E-state index contributed by atoms with van der Waals surface area (Å²) in [5.41, 5.74) is 4.60. The van der Waals surface area contributed by atoms with Gasteiger partial charge in [-0.1, -0.05) is 32.0 Å².